The smallest absolute Gasteiger partial charge is 0.247 e. The van der Waals surface area contributed by atoms with E-state index in [4.69, 9.17) is 12.2 Å². The first kappa shape index (κ1) is 14.4. The van der Waals surface area contributed by atoms with Gasteiger partial charge in [0.05, 0.1) is 6.04 Å². The fourth-order valence-corrected chi connectivity index (χ4v) is 5.04. The molecule has 5 nitrogen and oxygen atoms in total. The summed E-state index contributed by atoms with van der Waals surface area (Å²) in [6.45, 7) is 0.901. The van der Waals surface area contributed by atoms with Crippen molar-refractivity contribution in [2.75, 3.05) is 11.4 Å². The molecule has 5 rings (SSSR count). The van der Waals surface area contributed by atoms with Gasteiger partial charge in [0.2, 0.25) is 11.8 Å². The molecule has 2 atom stereocenters. The van der Waals surface area contributed by atoms with Crippen LogP contribution >= 0.6 is 12.2 Å². The second-order valence-electron chi connectivity index (χ2n) is 7.29. The van der Waals surface area contributed by atoms with Crippen LogP contribution in [-0.4, -0.2) is 40.5 Å². The summed E-state index contributed by atoms with van der Waals surface area (Å²) in [5.74, 6) is -0.286. The number of fused-ring (bicyclic) bond motifs is 4. The quantitative estimate of drug-likeness (QED) is 0.623. The average Bonchev–Trinajstić information content (AvgIpc) is 3.27. The fourth-order valence-electron chi connectivity index (χ4n) is 4.71. The molecule has 24 heavy (non-hydrogen) atoms. The maximum absolute atomic E-state index is 13.5. The maximum Gasteiger partial charge on any atom is 0.247 e. The zero-order valence-corrected chi connectivity index (χ0v) is 14.1. The van der Waals surface area contributed by atoms with E-state index in [0.717, 1.165) is 37.8 Å². The Kier molecular flexibility index (Phi) is 2.87. The van der Waals surface area contributed by atoms with Gasteiger partial charge in [-0.05, 0) is 56.0 Å². The molecular weight excluding hydrogens is 322 g/mol. The monoisotopic (exact) mass is 341 g/mol. The van der Waals surface area contributed by atoms with Gasteiger partial charge in [-0.15, -0.1) is 0 Å². The molecule has 6 heteroatoms. The fraction of sp³-hybridized carbons (Fsp3) is 0.500. The van der Waals surface area contributed by atoms with Crippen LogP contribution < -0.4 is 10.2 Å². The number of benzene rings is 1. The Labute approximate surface area is 146 Å². The third kappa shape index (κ3) is 1.72. The molecular formula is C18H19N3O2S. The van der Waals surface area contributed by atoms with E-state index in [1.807, 2.05) is 18.2 Å². The van der Waals surface area contributed by atoms with Crippen LogP contribution in [0.25, 0.3) is 0 Å². The van der Waals surface area contributed by atoms with Gasteiger partial charge >= 0.3 is 0 Å². The Morgan fingerprint density at radius 2 is 1.96 bits per heavy atom. The van der Waals surface area contributed by atoms with Crippen molar-refractivity contribution in [1.29, 1.82) is 0 Å². The Morgan fingerprint density at radius 1 is 1.17 bits per heavy atom. The lowest BCUT2D eigenvalue weighted by atomic mass is 9.68. The SMILES string of the molecule is O=C1NC(=S)N(C2CC2)C(=O)[C@@]12Cc1ccccc1N1CCC[C@H]12. The van der Waals surface area contributed by atoms with Gasteiger partial charge in [-0.2, -0.15) is 0 Å². The summed E-state index contributed by atoms with van der Waals surface area (Å²) in [5, 5.41) is 3.15. The van der Waals surface area contributed by atoms with Gasteiger partial charge < -0.3 is 10.2 Å². The first-order chi connectivity index (χ1) is 11.6. The molecule has 1 aromatic carbocycles. The Hall–Kier alpha value is -1.95. The minimum absolute atomic E-state index is 0.0655. The van der Waals surface area contributed by atoms with Crippen LogP contribution in [0, 0.1) is 5.41 Å². The number of amides is 2. The van der Waals surface area contributed by atoms with Crippen LogP contribution in [-0.2, 0) is 16.0 Å². The Morgan fingerprint density at radius 3 is 2.75 bits per heavy atom. The van der Waals surface area contributed by atoms with Crippen LogP contribution in [0.5, 0.6) is 0 Å². The number of nitrogens with zero attached hydrogens (tertiary/aromatic N) is 2. The number of carbonyl (C=O) groups is 2. The van der Waals surface area contributed by atoms with E-state index in [-0.39, 0.29) is 23.9 Å². The Bertz CT molecular complexity index is 775. The molecule has 124 valence electrons. The molecule has 3 heterocycles. The zero-order chi connectivity index (χ0) is 16.5. The van der Waals surface area contributed by atoms with E-state index in [2.05, 4.69) is 16.3 Å². The first-order valence-electron chi connectivity index (χ1n) is 8.66. The standard InChI is InChI=1S/C18H19N3O2S/c22-15-18(16(23)21(12-7-8-12)17(24)19-15)10-11-4-1-2-5-13(11)20-9-3-6-14(18)20/h1-2,4-5,12,14H,3,6-10H2,(H,19,22,24)/t14-,18+/m0/s1. The van der Waals surface area contributed by atoms with E-state index in [1.54, 1.807) is 4.90 Å². The molecule has 4 aliphatic rings. The van der Waals surface area contributed by atoms with Gasteiger partial charge in [0, 0.05) is 18.3 Å². The summed E-state index contributed by atoms with van der Waals surface area (Å²) in [4.78, 5) is 30.5. The van der Waals surface area contributed by atoms with Crippen LogP contribution in [0.2, 0.25) is 0 Å². The summed E-state index contributed by atoms with van der Waals surface area (Å²) in [5.41, 5.74) is 1.23. The van der Waals surface area contributed by atoms with Crippen molar-refractivity contribution in [3.8, 4) is 0 Å². The lowest BCUT2D eigenvalue weighted by Gasteiger charge is -2.50. The van der Waals surface area contributed by atoms with Crippen molar-refractivity contribution in [1.82, 2.24) is 10.2 Å². The van der Waals surface area contributed by atoms with Gasteiger partial charge in [0.1, 0.15) is 0 Å². The van der Waals surface area contributed by atoms with E-state index < -0.39 is 5.41 Å². The van der Waals surface area contributed by atoms with Crippen LogP contribution in [0.1, 0.15) is 31.2 Å². The molecule has 0 unspecified atom stereocenters. The maximum atomic E-state index is 13.5. The normalized spacial score (nSPS) is 32.0. The predicted molar refractivity (Wildman–Crippen MR) is 93.6 cm³/mol. The van der Waals surface area contributed by atoms with E-state index >= 15 is 0 Å². The van der Waals surface area contributed by atoms with E-state index in [9.17, 15) is 9.59 Å². The van der Waals surface area contributed by atoms with Crippen LogP contribution in [0.3, 0.4) is 0 Å². The largest absolute Gasteiger partial charge is 0.367 e. The molecule has 2 amide bonds. The molecule has 1 saturated carbocycles. The lowest BCUT2D eigenvalue weighted by molar-refractivity contribution is -0.152. The minimum atomic E-state index is -1.03. The molecule has 2 saturated heterocycles. The summed E-state index contributed by atoms with van der Waals surface area (Å²) in [6.07, 6.45) is 4.31. The van der Waals surface area contributed by atoms with Crippen molar-refractivity contribution in [2.45, 2.75) is 44.2 Å². The summed E-state index contributed by atoms with van der Waals surface area (Å²) < 4.78 is 0. The van der Waals surface area contributed by atoms with Crippen molar-refractivity contribution >= 4 is 34.8 Å². The highest BCUT2D eigenvalue weighted by molar-refractivity contribution is 7.80. The molecule has 0 aromatic heterocycles. The predicted octanol–water partition coefficient (Wildman–Crippen LogP) is 1.60. The van der Waals surface area contributed by atoms with Gasteiger partial charge in [-0.3, -0.25) is 14.5 Å². The number of carbonyl (C=O) groups excluding carboxylic acids is 2. The highest BCUT2D eigenvalue weighted by atomic mass is 32.1. The zero-order valence-electron chi connectivity index (χ0n) is 13.3. The average molecular weight is 341 g/mol. The molecule has 0 radical (unpaired) electrons. The summed E-state index contributed by atoms with van der Waals surface area (Å²) in [6, 6.07) is 8.27. The highest BCUT2D eigenvalue weighted by Gasteiger charge is 2.63. The van der Waals surface area contributed by atoms with E-state index in [0.29, 0.717) is 11.5 Å². The minimum Gasteiger partial charge on any atom is -0.367 e. The molecule has 1 aliphatic carbocycles. The van der Waals surface area contributed by atoms with Crippen LogP contribution in [0.4, 0.5) is 5.69 Å². The summed E-state index contributed by atoms with van der Waals surface area (Å²) >= 11 is 5.31. The second kappa shape index (κ2) is 4.79. The Balaban J connectivity index is 1.66. The second-order valence-corrected chi connectivity index (χ2v) is 7.68. The molecule has 1 aromatic rings. The van der Waals surface area contributed by atoms with Crippen LogP contribution in [0.15, 0.2) is 24.3 Å². The van der Waals surface area contributed by atoms with Crippen molar-refractivity contribution in [3.63, 3.8) is 0 Å². The highest BCUT2D eigenvalue weighted by Crippen LogP contribution is 2.49. The van der Waals surface area contributed by atoms with Crippen molar-refractivity contribution < 1.29 is 9.59 Å². The number of thiocarbonyl (C=S) groups is 1. The van der Waals surface area contributed by atoms with Gasteiger partial charge in [0.15, 0.2) is 10.5 Å². The molecule has 1 spiro atoms. The van der Waals surface area contributed by atoms with Gasteiger partial charge in [-0.1, -0.05) is 18.2 Å². The summed E-state index contributed by atoms with van der Waals surface area (Å²) in [7, 11) is 0. The number of rotatable bonds is 1. The lowest BCUT2D eigenvalue weighted by Crippen LogP contribution is -2.71. The van der Waals surface area contributed by atoms with Crippen molar-refractivity contribution in [3.05, 3.63) is 29.8 Å². The third-order valence-corrected chi connectivity index (χ3v) is 6.25. The number of anilines is 1. The number of hydrogen-bond donors (Lipinski definition) is 1. The van der Waals surface area contributed by atoms with E-state index in [1.165, 1.54) is 5.69 Å². The molecule has 0 bridgehead atoms. The number of para-hydroxylation sites is 1. The molecule has 3 fully saturated rings. The van der Waals surface area contributed by atoms with Gasteiger partial charge in [-0.25, -0.2) is 0 Å². The molecule has 3 aliphatic heterocycles. The van der Waals surface area contributed by atoms with Crippen molar-refractivity contribution in [2.24, 2.45) is 5.41 Å². The first-order valence-corrected chi connectivity index (χ1v) is 9.07. The molecule has 1 N–H and O–H groups in total. The number of hydrogen-bond acceptors (Lipinski definition) is 4. The van der Waals surface area contributed by atoms with Gasteiger partial charge in [0.25, 0.3) is 0 Å². The topological polar surface area (TPSA) is 52.7 Å². The third-order valence-electron chi connectivity index (χ3n) is 5.95. The number of nitrogens with one attached hydrogen (secondary N) is 1.